The van der Waals surface area contributed by atoms with E-state index in [2.05, 4.69) is 5.32 Å². The van der Waals surface area contributed by atoms with E-state index in [0.717, 1.165) is 0 Å². The predicted molar refractivity (Wildman–Crippen MR) is 103 cm³/mol. The molecule has 0 saturated carbocycles. The molecule has 1 fully saturated rings. The molecule has 1 aliphatic rings. The van der Waals surface area contributed by atoms with Crippen molar-refractivity contribution in [3.63, 3.8) is 0 Å². The number of hydrogen-bond acceptors (Lipinski definition) is 4. The fourth-order valence-electron chi connectivity index (χ4n) is 3.13. The number of ether oxygens (including phenoxy) is 1. The van der Waals surface area contributed by atoms with Crippen LogP contribution in [0.25, 0.3) is 0 Å². The zero-order chi connectivity index (χ0) is 20.1. The molecule has 2 amide bonds. The highest BCUT2D eigenvalue weighted by atomic mass is 19.1. The molecule has 2 N–H and O–H groups in total. The van der Waals surface area contributed by atoms with Gasteiger partial charge in [0, 0.05) is 24.7 Å². The van der Waals surface area contributed by atoms with Gasteiger partial charge in [0.1, 0.15) is 11.9 Å². The second-order valence-electron chi connectivity index (χ2n) is 6.82. The van der Waals surface area contributed by atoms with Gasteiger partial charge in [-0.05, 0) is 56.2 Å². The summed E-state index contributed by atoms with van der Waals surface area (Å²) in [6.07, 6.45) is 0.0906. The molecule has 6 nitrogen and oxygen atoms in total. The molecule has 2 aromatic rings. The van der Waals surface area contributed by atoms with Gasteiger partial charge in [0.25, 0.3) is 5.91 Å². The van der Waals surface area contributed by atoms with Crippen molar-refractivity contribution in [2.24, 2.45) is 5.92 Å². The average Bonchev–Trinajstić information content (AvgIpc) is 2.70. The van der Waals surface area contributed by atoms with Crippen molar-refractivity contribution in [1.82, 2.24) is 4.90 Å². The first-order valence-electron chi connectivity index (χ1n) is 9.24. The van der Waals surface area contributed by atoms with Gasteiger partial charge in [-0.3, -0.25) is 9.59 Å². The molecule has 7 heteroatoms. The minimum Gasteiger partial charge on any atom is -0.454 e. The number of rotatable bonds is 5. The quantitative estimate of drug-likeness (QED) is 0.827. The Kier molecular flexibility index (Phi) is 6.26. The average molecular weight is 386 g/mol. The fraction of sp³-hybridized carbons (Fsp3) is 0.333. The molecule has 0 unspecified atom stereocenters. The molecule has 28 heavy (non-hydrogen) atoms. The lowest BCUT2D eigenvalue weighted by Crippen LogP contribution is -2.44. The van der Waals surface area contributed by atoms with E-state index in [1.165, 1.54) is 13.0 Å². The van der Waals surface area contributed by atoms with Gasteiger partial charge in [0.2, 0.25) is 5.91 Å². The lowest BCUT2D eigenvalue weighted by Gasteiger charge is -2.32. The smallest absolute Gasteiger partial charge is 0.251 e. The molecule has 0 aromatic heterocycles. The number of amides is 2. The van der Waals surface area contributed by atoms with E-state index in [9.17, 15) is 19.1 Å². The fourth-order valence-corrected chi connectivity index (χ4v) is 3.13. The predicted octanol–water partition coefficient (Wildman–Crippen LogP) is 3.18. The van der Waals surface area contributed by atoms with Crippen molar-refractivity contribution in [2.75, 3.05) is 18.4 Å². The maximum absolute atomic E-state index is 13.6. The minimum absolute atomic E-state index is 0.105. The Labute approximate surface area is 162 Å². The van der Waals surface area contributed by atoms with Gasteiger partial charge in [-0.25, -0.2) is 4.39 Å². The number of halogens is 1. The van der Waals surface area contributed by atoms with Gasteiger partial charge in [-0.1, -0.05) is 12.1 Å². The normalized spacial score (nSPS) is 15.8. The highest BCUT2D eigenvalue weighted by Gasteiger charge is 2.28. The second-order valence-corrected chi connectivity index (χ2v) is 6.82. The van der Waals surface area contributed by atoms with Crippen LogP contribution < -0.4 is 10.1 Å². The number of nitrogens with one attached hydrogen (secondary N) is 1. The Balaban J connectivity index is 1.52. The molecule has 1 saturated heterocycles. The molecular weight excluding hydrogens is 363 g/mol. The molecule has 2 aromatic carbocycles. The third-order valence-electron chi connectivity index (χ3n) is 4.72. The summed E-state index contributed by atoms with van der Waals surface area (Å²) in [5.74, 6) is -0.435. The van der Waals surface area contributed by atoms with Crippen molar-refractivity contribution in [2.45, 2.75) is 25.9 Å². The van der Waals surface area contributed by atoms with Crippen LogP contribution in [0.1, 0.15) is 19.8 Å². The van der Waals surface area contributed by atoms with Crippen LogP contribution in [0.3, 0.4) is 0 Å². The molecular formula is C21H23FN2O4. The number of piperidine rings is 1. The van der Waals surface area contributed by atoms with Crippen LogP contribution >= 0.6 is 0 Å². The molecule has 0 radical (unpaired) electrons. The van der Waals surface area contributed by atoms with E-state index >= 15 is 0 Å². The van der Waals surface area contributed by atoms with Crippen LogP contribution in [0.2, 0.25) is 0 Å². The topological polar surface area (TPSA) is 78.9 Å². The van der Waals surface area contributed by atoms with E-state index < -0.39 is 11.9 Å². The number of benzene rings is 2. The lowest BCUT2D eigenvalue weighted by atomic mass is 9.95. The summed E-state index contributed by atoms with van der Waals surface area (Å²) in [6.45, 7) is 2.36. The molecule has 1 atom stereocenters. The Morgan fingerprint density at radius 1 is 1.14 bits per heavy atom. The number of aliphatic hydroxyl groups is 1. The number of likely N-dealkylation sites (tertiary alicyclic amines) is 1. The zero-order valence-corrected chi connectivity index (χ0v) is 15.6. The summed E-state index contributed by atoms with van der Waals surface area (Å²) >= 11 is 0. The highest BCUT2D eigenvalue weighted by Crippen LogP contribution is 2.26. The summed E-state index contributed by atoms with van der Waals surface area (Å²) in [7, 11) is 0. The Morgan fingerprint density at radius 3 is 2.39 bits per heavy atom. The van der Waals surface area contributed by atoms with Crippen LogP contribution in [0.15, 0.2) is 48.5 Å². The third kappa shape index (κ3) is 4.86. The number of anilines is 1. The number of nitrogens with zero attached hydrogens (tertiary/aromatic N) is 1. The first kappa shape index (κ1) is 19.8. The van der Waals surface area contributed by atoms with Crippen molar-refractivity contribution in [1.29, 1.82) is 0 Å². The molecule has 0 bridgehead atoms. The first-order chi connectivity index (χ1) is 13.4. The van der Waals surface area contributed by atoms with Gasteiger partial charge < -0.3 is 20.1 Å². The van der Waals surface area contributed by atoms with Gasteiger partial charge >= 0.3 is 0 Å². The van der Waals surface area contributed by atoms with Gasteiger partial charge in [-0.15, -0.1) is 0 Å². The van der Waals surface area contributed by atoms with Gasteiger partial charge in [0.15, 0.2) is 11.6 Å². The Hall–Kier alpha value is -2.93. The molecule has 1 aliphatic heterocycles. The summed E-state index contributed by atoms with van der Waals surface area (Å²) < 4.78 is 19.1. The molecule has 148 valence electrons. The van der Waals surface area contributed by atoms with Crippen molar-refractivity contribution in [3.8, 4) is 11.5 Å². The lowest BCUT2D eigenvalue weighted by molar-refractivity contribution is -0.141. The standard InChI is InChI=1S/C21H23FN2O4/c1-14(25)21(27)24-12-10-15(11-13-24)20(26)23-16-6-8-17(9-7-16)28-19-5-3-2-4-18(19)22/h2-9,14-15,25H,10-13H2,1H3,(H,23,26)/t14-/m0/s1. The van der Waals surface area contributed by atoms with Gasteiger partial charge in [0.05, 0.1) is 0 Å². The molecule has 3 rings (SSSR count). The SMILES string of the molecule is C[C@H](O)C(=O)N1CCC(C(=O)Nc2ccc(Oc3ccccc3F)cc2)CC1. The monoisotopic (exact) mass is 386 g/mol. The van der Waals surface area contributed by atoms with Crippen LogP contribution in [-0.2, 0) is 9.59 Å². The number of aliphatic hydroxyl groups excluding tert-OH is 1. The molecule has 1 heterocycles. The van der Waals surface area contributed by atoms with Crippen LogP contribution in [0, 0.1) is 11.7 Å². The zero-order valence-electron chi connectivity index (χ0n) is 15.6. The molecule has 0 spiro atoms. The van der Waals surface area contributed by atoms with Gasteiger partial charge in [-0.2, -0.15) is 0 Å². The van der Waals surface area contributed by atoms with E-state index in [1.54, 1.807) is 47.4 Å². The largest absolute Gasteiger partial charge is 0.454 e. The van der Waals surface area contributed by atoms with Crippen LogP contribution in [-0.4, -0.2) is 41.0 Å². The number of carbonyl (C=O) groups is 2. The van der Waals surface area contributed by atoms with Crippen molar-refractivity contribution in [3.05, 3.63) is 54.3 Å². The second kappa shape index (κ2) is 8.84. The summed E-state index contributed by atoms with van der Waals surface area (Å²) in [5, 5.41) is 12.2. The highest BCUT2D eigenvalue weighted by molar-refractivity contribution is 5.92. The van der Waals surface area contributed by atoms with E-state index in [0.29, 0.717) is 37.4 Å². The Morgan fingerprint density at radius 2 is 1.79 bits per heavy atom. The third-order valence-corrected chi connectivity index (χ3v) is 4.72. The first-order valence-corrected chi connectivity index (χ1v) is 9.24. The minimum atomic E-state index is -1.02. The summed E-state index contributed by atoms with van der Waals surface area (Å²) in [5.41, 5.74) is 0.619. The summed E-state index contributed by atoms with van der Waals surface area (Å²) in [6, 6.07) is 12.8. The van der Waals surface area contributed by atoms with E-state index in [4.69, 9.17) is 4.74 Å². The summed E-state index contributed by atoms with van der Waals surface area (Å²) in [4.78, 5) is 25.8. The van der Waals surface area contributed by atoms with Crippen LogP contribution in [0.4, 0.5) is 10.1 Å². The number of hydrogen-bond donors (Lipinski definition) is 2. The van der Waals surface area contributed by atoms with Crippen LogP contribution in [0.5, 0.6) is 11.5 Å². The van der Waals surface area contributed by atoms with E-state index in [-0.39, 0.29) is 23.5 Å². The number of para-hydroxylation sites is 1. The van der Waals surface area contributed by atoms with E-state index in [1.807, 2.05) is 0 Å². The van der Waals surface area contributed by atoms with Crippen molar-refractivity contribution < 1.29 is 23.8 Å². The Bertz CT molecular complexity index is 831. The molecule has 0 aliphatic carbocycles. The van der Waals surface area contributed by atoms with Crippen molar-refractivity contribution >= 4 is 17.5 Å². The maximum atomic E-state index is 13.6. The maximum Gasteiger partial charge on any atom is 0.251 e. The number of carbonyl (C=O) groups excluding carboxylic acids is 2.